The Bertz CT molecular complexity index is 348. The quantitative estimate of drug-likeness (QED) is 0.606. The van der Waals surface area contributed by atoms with E-state index in [0.29, 0.717) is 12.3 Å². The number of nitrogens with two attached hydrogens (primary N) is 1. The van der Waals surface area contributed by atoms with Gasteiger partial charge in [-0.3, -0.25) is 4.79 Å². The highest BCUT2D eigenvalue weighted by Gasteiger charge is 2.35. The summed E-state index contributed by atoms with van der Waals surface area (Å²) >= 11 is 0. The molecular formula is C15H25NO2. The van der Waals surface area contributed by atoms with Crippen molar-refractivity contribution in [3.05, 3.63) is 12.2 Å². The lowest BCUT2D eigenvalue weighted by Gasteiger charge is -2.38. The lowest BCUT2D eigenvalue weighted by atomic mass is 9.71. The molecule has 3 heteroatoms. The molecule has 4 atom stereocenters. The third kappa shape index (κ3) is 3.35. The molecule has 18 heavy (non-hydrogen) atoms. The Morgan fingerprint density at radius 1 is 1.28 bits per heavy atom. The van der Waals surface area contributed by atoms with Gasteiger partial charge in [0, 0.05) is 6.04 Å². The van der Waals surface area contributed by atoms with Crippen LogP contribution in [0.1, 0.15) is 46.5 Å². The van der Waals surface area contributed by atoms with Gasteiger partial charge < -0.3 is 10.5 Å². The molecule has 2 N–H and O–H groups in total. The van der Waals surface area contributed by atoms with Crippen LogP contribution >= 0.6 is 0 Å². The smallest absolute Gasteiger partial charge is 0.313 e. The minimum Gasteiger partial charge on any atom is -0.462 e. The predicted octanol–water partition coefficient (Wildman–Crippen LogP) is 2.65. The summed E-state index contributed by atoms with van der Waals surface area (Å²) in [4.78, 5) is 12.0. The van der Waals surface area contributed by atoms with Gasteiger partial charge in [-0.1, -0.05) is 32.9 Å². The second-order valence-corrected chi connectivity index (χ2v) is 6.86. The zero-order valence-corrected chi connectivity index (χ0v) is 11.7. The summed E-state index contributed by atoms with van der Waals surface area (Å²) < 4.78 is 5.68. The lowest BCUT2D eigenvalue weighted by molar-refractivity contribution is -0.156. The van der Waals surface area contributed by atoms with Crippen LogP contribution in [-0.4, -0.2) is 18.1 Å². The van der Waals surface area contributed by atoms with Gasteiger partial charge in [0.1, 0.15) is 6.10 Å². The first-order valence-electron chi connectivity index (χ1n) is 7.00. The minimum atomic E-state index is -0.125. The van der Waals surface area contributed by atoms with E-state index in [2.05, 4.69) is 20.8 Å². The molecule has 1 fully saturated rings. The Morgan fingerprint density at radius 2 is 2.00 bits per heavy atom. The monoisotopic (exact) mass is 251 g/mol. The molecule has 0 aromatic heterocycles. The molecule has 0 bridgehead atoms. The first-order chi connectivity index (χ1) is 8.35. The van der Waals surface area contributed by atoms with Crippen LogP contribution in [0.4, 0.5) is 0 Å². The van der Waals surface area contributed by atoms with Gasteiger partial charge in [0.15, 0.2) is 0 Å². The van der Waals surface area contributed by atoms with Crippen molar-refractivity contribution in [2.75, 3.05) is 0 Å². The summed E-state index contributed by atoms with van der Waals surface area (Å²) in [5.74, 6) is 0.419. The van der Waals surface area contributed by atoms with Crippen LogP contribution in [0.25, 0.3) is 0 Å². The zero-order valence-electron chi connectivity index (χ0n) is 11.7. The van der Waals surface area contributed by atoms with Crippen LogP contribution in [-0.2, 0) is 9.53 Å². The number of ether oxygens (including phenoxy) is 1. The standard InChI is InChI=1S/C15H25NO2/c1-10-6-13(9-15(2,3)8-10)18-14(17)11-4-5-12(16)7-11/h4-5,10-13H,6-9,16H2,1-3H3. The van der Waals surface area contributed by atoms with Crippen LogP contribution < -0.4 is 5.73 Å². The van der Waals surface area contributed by atoms with Crippen molar-refractivity contribution in [1.82, 2.24) is 0 Å². The van der Waals surface area contributed by atoms with E-state index in [1.54, 1.807) is 0 Å². The molecule has 0 saturated heterocycles. The first kappa shape index (κ1) is 13.6. The fourth-order valence-corrected chi connectivity index (χ4v) is 3.50. The minimum absolute atomic E-state index is 0.0178. The van der Waals surface area contributed by atoms with E-state index in [1.165, 1.54) is 6.42 Å². The molecule has 2 rings (SSSR count). The molecule has 0 heterocycles. The van der Waals surface area contributed by atoms with Crippen LogP contribution in [0.2, 0.25) is 0 Å². The van der Waals surface area contributed by atoms with Gasteiger partial charge in [0.05, 0.1) is 5.92 Å². The number of carbonyl (C=O) groups excluding carboxylic acids is 1. The molecule has 2 aliphatic carbocycles. The molecule has 0 spiro atoms. The largest absolute Gasteiger partial charge is 0.462 e. The molecule has 1 saturated carbocycles. The van der Waals surface area contributed by atoms with Gasteiger partial charge >= 0.3 is 5.97 Å². The number of esters is 1. The van der Waals surface area contributed by atoms with Crippen LogP contribution in [0.3, 0.4) is 0 Å². The lowest BCUT2D eigenvalue weighted by Crippen LogP contribution is -2.35. The second-order valence-electron chi connectivity index (χ2n) is 6.86. The summed E-state index contributed by atoms with van der Waals surface area (Å²) in [6.07, 6.45) is 7.77. The van der Waals surface area contributed by atoms with E-state index in [9.17, 15) is 4.79 Å². The first-order valence-corrected chi connectivity index (χ1v) is 7.00. The Labute approximate surface area is 110 Å². The van der Waals surface area contributed by atoms with E-state index in [4.69, 9.17) is 10.5 Å². The molecule has 0 aromatic carbocycles. The van der Waals surface area contributed by atoms with Crippen molar-refractivity contribution >= 4 is 5.97 Å². The van der Waals surface area contributed by atoms with Gasteiger partial charge in [0.25, 0.3) is 0 Å². The number of rotatable bonds is 2. The van der Waals surface area contributed by atoms with E-state index >= 15 is 0 Å². The topological polar surface area (TPSA) is 52.3 Å². The molecule has 102 valence electrons. The Kier molecular flexibility index (Phi) is 3.81. The molecule has 0 aliphatic heterocycles. The third-order valence-corrected chi connectivity index (χ3v) is 4.05. The summed E-state index contributed by atoms with van der Waals surface area (Å²) in [6.45, 7) is 6.76. The maximum Gasteiger partial charge on any atom is 0.313 e. The van der Waals surface area contributed by atoms with Gasteiger partial charge in [-0.15, -0.1) is 0 Å². The second kappa shape index (κ2) is 5.04. The maximum atomic E-state index is 12.0. The third-order valence-electron chi connectivity index (χ3n) is 4.05. The molecule has 2 aliphatic rings. The maximum absolute atomic E-state index is 12.0. The molecule has 3 nitrogen and oxygen atoms in total. The SMILES string of the molecule is CC1CC(OC(=O)C2C=CC(N)C2)CC(C)(C)C1. The summed E-state index contributed by atoms with van der Waals surface area (Å²) in [7, 11) is 0. The Hall–Kier alpha value is -0.830. The van der Waals surface area contributed by atoms with E-state index in [0.717, 1.165) is 12.8 Å². The van der Waals surface area contributed by atoms with Gasteiger partial charge in [-0.05, 0) is 37.0 Å². The van der Waals surface area contributed by atoms with Crippen LogP contribution in [0, 0.1) is 17.3 Å². The molecule has 0 amide bonds. The number of hydrogen-bond acceptors (Lipinski definition) is 3. The Balaban J connectivity index is 1.89. The van der Waals surface area contributed by atoms with Crippen LogP contribution in [0.5, 0.6) is 0 Å². The predicted molar refractivity (Wildman–Crippen MR) is 71.9 cm³/mol. The summed E-state index contributed by atoms with van der Waals surface area (Å²) in [6, 6.07) is 0.0178. The summed E-state index contributed by atoms with van der Waals surface area (Å²) in [5.41, 5.74) is 6.05. The average molecular weight is 251 g/mol. The van der Waals surface area contributed by atoms with Gasteiger partial charge in [-0.2, -0.15) is 0 Å². The Morgan fingerprint density at radius 3 is 2.56 bits per heavy atom. The van der Waals surface area contributed by atoms with E-state index < -0.39 is 0 Å². The van der Waals surface area contributed by atoms with Crippen LogP contribution in [0.15, 0.2) is 12.2 Å². The molecule has 0 radical (unpaired) electrons. The van der Waals surface area contributed by atoms with Crippen molar-refractivity contribution in [2.24, 2.45) is 23.0 Å². The zero-order chi connectivity index (χ0) is 13.3. The highest BCUT2D eigenvalue weighted by molar-refractivity contribution is 5.75. The molecular weight excluding hydrogens is 226 g/mol. The normalized spacial score (nSPS) is 38.7. The van der Waals surface area contributed by atoms with Crippen molar-refractivity contribution in [3.63, 3.8) is 0 Å². The van der Waals surface area contributed by atoms with Crippen molar-refractivity contribution < 1.29 is 9.53 Å². The highest BCUT2D eigenvalue weighted by atomic mass is 16.5. The van der Waals surface area contributed by atoms with Crippen molar-refractivity contribution in [2.45, 2.75) is 58.6 Å². The fraction of sp³-hybridized carbons (Fsp3) is 0.800. The van der Waals surface area contributed by atoms with Crippen molar-refractivity contribution in [3.8, 4) is 0 Å². The number of carbonyl (C=O) groups is 1. The fourth-order valence-electron chi connectivity index (χ4n) is 3.50. The van der Waals surface area contributed by atoms with Crippen molar-refractivity contribution in [1.29, 1.82) is 0 Å². The van der Waals surface area contributed by atoms with E-state index in [-0.39, 0.29) is 29.4 Å². The average Bonchev–Trinajstić information content (AvgIpc) is 2.61. The highest BCUT2D eigenvalue weighted by Crippen LogP contribution is 2.40. The molecule has 4 unspecified atom stereocenters. The summed E-state index contributed by atoms with van der Waals surface area (Å²) in [5, 5.41) is 0. The molecule has 0 aromatic rings. The number of hydrogen-bond donors (Lipinski definition) is 1. The van der Waals surface area contributed by atoms with Gasteiger partial charge in [0.2, 0.25) is 0 Å². The van der Waals surface area contributed by atoms with E-state index in [1.807, 2.05) is 12.2 Å². The van der Waals surface area contributed by atoms with Gasteiger partial charge in [-0.25, -0.2) is 0 Å².